The highest BCUT2D eigenvalue weighted by Crippen LogP contribution is 2.58. The average molecular weight is 493 g/mol. The molecule has 148 valence electrons. The van der Waals surface area contributed by atoms with Crippen LogP contribution in [0.25, 0.3) is 0 Å². The highest BCUT2D eigenvalue weighted by atomic mass is 79.9. The monoisotopic (exact) mass is 491 g/mol. The Morgan fingerprint density at radius 1 is 0.667 bits per heavy atom. The molecule has 0 heterocycles. The third-order valence-electron chi connectivity index (χ3n) is 5.18. The van der Waals surface area contributed by atoms with Gasteiger partial charge in [-0.3, -0.25) is 0 Å². The van der Waals surface area contributed by atoms with Crippen molar-refractivity contribution < 1.29 is 17.0 Å². The summed E-state index contributed by atoms with van der Waals surface area (Å²) in [5.74, 6) is 0. The molecule has 0 aliphatic carbocycles. The lowest BCUT2D eigenvalue weighted by Gasteiger charge is -2.28. The SMILES string of the molecule is N#Cc1ccc(C[P+](c2ccccc2)(c2ccccc2)c2ccccc2)c(Cl)c1.[Br-]. The first-order valence-electron chi connectivity index (χ1n) is 9.47. The molecule has 0 spiro atoms. The topological polar surface area (TPSA) is 23.8 Å². The normalized spacial score (nSPS) is 10.7. The van der Waals surface area contributed by atoms with E-state index in [1.807, 2.05) is 12.1 Å². The van der Waals surface area contributed by atoms with Crippen LogP contribution in [-0.2, 0) is 6.16 Å². The first-order chi connectivity index (χ1) is 14.2. The predicted octanol–water partition coefficient (Wildman–Crippen LogP) is 2.71. The molecule has 4 heteroatoms. The van der Waals surface area contributed by atoms with Gasteiger partial charge in [-0.25, -0.2) is 0 Å². The van der Waals surface area contributed by atoms with Crippen LogP contribution in [0.3, 0.4) is 0 Å². The van der Waals surface area contributed by atoms with E-state index in [1.165, 1.54) is 15.9 Å². The van der Waals surface area contributed by atoms with Crippen LogP contribution in [0.1, 0.15) is 11.1 Å². The number of rotatable bonds is 5. The van der Waals surface area contributed by atoms with Gasteiger partial charge in [-0.15, -0.1) is 0 Å². The summed E-state index contributed by atoms with van der Waals surface area (Å²) in [6, 6.07) is 40.0. The van der Waals surface area contributed by atoms with Crippen LogP contribution in [0.2, 0.25) is 5.02 Å². The van der Waals surface area contributed by atoms with Crippen molar-refractivity contribution in [2.24, 2.45) is 0 Å². The summed E-state index contributed by atoms with van der Waals surface area (Å²) in [5.41, 5.74) is 1.65. The van der Waals surface area contributed by atoms with Gasteiger partial charge in [0, 0.05) is 10.6 Å². The molecule has 0 aliphatic heterocycles. The average Bonchev–Trinajstić information content (AvgIpc) is 2.80. The second kappa shape index (κ2) is 10.1. The molecule has 0 saturated carbocycles. The largest absolute Gasteiger partial charge is 1.00 e. The number of nitrogens with zero attached hydrogens (tertiary/aromatic N) is 1. The Hall–Kier alpha value is -2.43. The molecule has 0 saturated heterocycles. The van der Waals surface area contributed by atoms with E-state index < -0.39 is 7.26 Å². The van der Waals surface area contributed by atoms with Crippen molar-refractivity contribution in [3.63, 3.8) is 0 Å². The van der Waals surface area contributed by atoms with Crippen LogP contribution in [0, 0.1) is 11.3 Å². The molecule has 0 N–H and O–H groups in total. The van der Waals surface area contributed by atoms with Crippen LogP contribution < -0.4 is 32.9 Å². The Kier molecular flexibility index (Phi) is 7.46. The Labute approximate surface area is 194 Å². The molecule has 0 aliphatic rings. The van der Waals surface area contributed by atoms with Gasteiger partial charge in [-0.1, -0.05) is 72.3 Å². The summed E-state index contributed by atoms with van der Waals surface area (Å²) in [6.45, 7) is 0. The van der Waals surface area contributed by atoms with Gasteiger partial charge in [0.25, 0.3) is 0 Å². The third-order valence-corrected chi connectivity index (χ3v) is 9.89. The summed E-state index contributed by atoms with van der Waals surface area (Å²) < 4.78 is 0. The van der Waals surface area contributed by atoms with E-state index in [2.05, 4.69) is 97.1 Å². The van der Waals surface area contributed by atoms with Crippen molar-refractivity contribution in [3.05, 3.63) is 125 Å². The van der Waals surface area contributed by atoms with Crippen molar-refractivity contribution in [1.82, 2.24) is 0 Å². The van der Waals surface area contributed by atoms with Crippen LogP contribution in [-0.4, -0.2) is 0 Å². The van der Waals surface area contributed by atoms with Gasteiger partial charge >= 0.3 is 0 Å². The summed E-state index contributed by atoms with van der Waals surface area (Å²) in [6.07, 6.45) is 0.801. The second-order valence-corrected chi connectivity index (χ2v) is 10.8. The number of hydrogen-bond acceptors (Lipinski definition) is 1. The molecule has 4 aromatic rings. The van der Waals surface area contributed by atoms with Crippen molar-refractivity contribution in [3.8, 4) is 6.07 Å². The molecular weight excluding hydrogens is 473 g/mol. The molecular formula is C26H20BrClNP. The van der Waals surface area contributed by atoms with Crippen molar-refractivity contribution in [2.45, 2.75) is 6.16 Å². The maximum Gasteiger partial charge on any atom is 0.116 e. The lowest BCUT2D eigenvalue weighted by Crippen LogP contribution is -3.00. The zero-order valence-corrected chi connectivity index (χ0v) is 19.5. The lowest BCUT2D eigenvalue weighted by molar-refractivity contribution is -0.00000576. The van der Waals surface area contributed by atoms with Crippen molar-refractivity contribution in [2.75, 3.05) is 0 Å². The standard InChI is InChI=1S/C26H20ClNP.BrH/c27-26-18-21(19-28)16-17-22(26)20-29(23-10-4-1-5-11-23,24-12-6-2-7-13-24)25-14-8-3-9-15-25;/h1-18H,20H2;1H/q+1;/p-1. The number of benzene rings is 4. The van der Waals surface area contributed by atoms with E-state index in [1.54, 1.807) is 6.07 Å². The summed E-state index contributed by atoms with van der Waals surface area (Å²) in [4.78, 5) is 0. The van der Waals surface area contributed by atoms with Gasteiger partial charge in [0.05, 0.1) is 17.8 Å². The molecule has 0 amide bonds. The fourth-order valence-electron chi connectivity index (χ4n) is 3.77. The minimum atomic E-state index is -1.99. The summed E-state index contributed by atoms with van der Waals surface area (Å²) >= 11 is 6.64. The highest BCUT2D eigenvalue weighted by molar-refractivity contribution is 7.95. The second-order valence-electron chi connectivity index (χ2n) is 6.89. The van der Waals surface area contributed by atoms with Crippen molar-refractivity contribution in [1.29, 1.82) is 5.26 Å². The molecule has 4 rings (SSSR count). The van der Waals surface area contributed by atoms with Crippen LogP contribution in [0.15, 0.2) is 109 Å². The first kappa shape index (κ1) is 22.3. The molecule has 0 bridgehead atoms. The maximum atomic E-state index is 9.22. The lowest BCUT2D eigenvalue weighted by atomic mass is 10.2. The maximum absolute atomic E-state index is 9.22. The molecule has 0 radical (unpaired) electrons. The quantitative estimate of drug-likeness (QED) is 0.393. The molecule has 0 unspecified atom stereocenters. The van der Waals surface area contributed by atoms with Gasteiger partial charge in [0.2, 0.25) is 0 Å². The Balaban J connectivity index is 0.00000256. The van der Waals surface area contributed by atoms with Crippen molar-refractivity contribution >= 4 is 34.8 Å². The minimum absolute atomic E-state index is 0. The van der Waals surface area contributed by atoms with Gasteiger partial charge in [0.15, 0.2) is 0 Å². The van der Waals surface area contributed by atoms with Gasteiger partial charge in [-0.2, -0.15) is 5.26 Å². The Morgan fingerprint density at radius 3 is 1.47 bits per heavy atom. The number of hydrogen-bond donors (Lipinski definition) is 0. The molecule has 0 atom stereocenters. The number of nitriles is 1. The van der Waals surface area contributed by atoms with E-state index in [0.717, 1.165) is 11.7 Å². The fraction of sp³-hybridized carbons (Fsp3) is 0.0385. The van der Waals surface area contributed by atoms with E-state index in [0.29, 0.717) is 10.6 Å². The van der Waals surface area contributed by atoms with Gasteiger partial charge in [0.1, 0.15) is 23.2 Å². The molecule has 1 nitrogen and oxygen atoms in total. The summed E-state index contributed by atoms with van der Waals surface area (Å²) in [5, 5.41) is 13.8. The first-order valence-corrected chi connectivity index (χ1v) is 11.8. The minimum Gasteiger partial charge on any atom is -1.00 e. The fourth-order valence-corrected chi connectivity index (χ4v) is 8.38. The Bertz CT molecular complexity index is 1050. The van der Waals surface area contributed by atoms with E-state index in [9.17, 15) is 5.26 Å². The zero-order valence-electron chi connectivity index (χ0n) is 16.2. The van der Waals surface area contributed by atoms with Crippen LogP contribution in [0.5, 0.6) is 0 Å². The molecule has 0 aromatic heterocycles. The highest BCUT2D eigenvalue weighted by Gasteiger charge is 2.45. The number of halogens is 2. The van der Waals surface area contributed by atoms with E-state index in [4.69, 9.17) is 11.6 Å². The smallest absolute Gasteiger partial charge is 0.116 e. The molecule has 30 heavy (non-hydrogen) atoms. The zero-order chi connectivity index (χ0) is 20.1. The predicted molar refractivity (Wildman–Crippen MR) is 125 cm³/mol. The van der Waals surface area contributed by atoms with Gasteiger partial charge in [-0.05, 0) is 48.5 Å². The Morgan fingerprint density at radius 2 is 1.10 bits per heavy atom. The summed E-state index contributed by atoms with van der Waals surface area (Å²) in [7, 11) is -1.99. The van der Waals surface area contributed by atoms with Crippen LogP contribution in [0.4, 0.5) is 0 Å². The van der Waals surface area contributed by atoms with E-state index >= 15 is 0 Å². The van der Waals surface area contributed by atoms with Crippen LogP contribution >= 0.6 is 18.9 Å². The molecule has 0 fully saturated rings. The van der Waals surface area contributed by atoms with Gasteiger partial charge < -0.3 is 17.0 Å². The molecule has 4 aromatic carbocycles. The third kappa shape index (κ3) is 4.35. The van der Waals surface area contributed by atoms with E-state index in [-0.39, 0.29) is 17.0 Å².